The van der Waals surface area contributed by atoms with E-state index in [0.717, 1.165) is 5.56 Å². The maximum absolute atomic E-state index is 6.13. The van der Waals surface area contributed by atoms with Gasteiger partial charge < -0.3 is 33.6 Å². The first-order chi connectivity index (χ1) is 13.3. The second kappa shape index (κ2) is 7.77. The SMILES string of the molecule is CC(N)CNc1nc(N)c2nc(NCc3cccc(N)c3N)n(C(C)C)c2n1. The van der Waals surface area contributed by atoms with Gasteiger partial charge in [0.2, 0.25) is 11.9 Å². The molecule has 2 aromatic heterocycles. The van der Waals surface area contributed by atoms with Gasteiger partial charge >= 0.3 is 0 Å². The van der Waals surface area contributed by atoms with Crippen LogP contribution in [0, 0.1) is 0 Å². The second-order valence-electron chi connectivity index (χ2n) is 7.14. The van der Waals surface area contributed by atoms with E-state index in [1.807, 2.05) is 23.6 Å². The van der Waals surface area contributed by atoms with Crippen LogP contribution >= 0.6 is 0 Å². The molecule has 0 fully saturated rings. The van der Waals surface area contributed by atoms with E-state index >= 15 is 0 Å². The Bertz CT molecular complexity index is 976. The van der Waals surface area contributed by atoms with Gasteiger partial charge in [-0.2, -0.15) is 9.97 Å². The number of nitrogen functional groups attached to an aromatic ring is 3. The Balaban J connectivity index is 1.96. The monoisotopic (exact) mass is 384 g/mol. The van der Waals surface area contributed by atoms with Crippen molar-refractivity contribution in [1.82, 2.24) is 19.5 Å². The summed E-state index contributed by atoms with van der Waals surface area (Å²) < 4.78 is 1.98. The van der Waals surface area contributed by atoms with Crippen molar-refractivity contribution in [3.8, 4) is 0 Å². The molecule has 0 aliphatic carbocycles. The van der Waals surface area contributed by atoms with Crippen LogP contribution in [-0.2, 0) is 6.54 Å². The smallest absolute Gasteiger partial charge is 0.226 e. The van der Waals surface area contributed by atoms with Gasteiger partial charge in [0.1, 0.15) is 0 Å². The summed E-state index contributed by atoms with van der Waals surface area (Å²) in [7, 11) is 0. The van der Waals surface area contributed by atoms with Gasteiger partial charge in [0, 0.05) is 25.2 Å². The molecule has 0 aliphatic rings. The Hall–Kier alpha value is -3.27. The number of aromatic nitrogens is 4. The van der Waals surface area contributed by atoms with E-state index < -0.39 is 0 Å². The molecule has 0 bridgehead atoms. The van der Waals surface area contributed by atoms with Gasteiger partial charge in [-0.1, -0.05) is 12.1 Å². The van der Waals surface area contributed by atoms with E-state index in [-0.39, 0.29) is 12.1 Å². The Morgan fingerprint density at radius 3 is 2.46 bits per heavy atom. The Morgan fingerprint density at radius 1 is 1.04 bits per heavy atom. The molecule has 3 aromatic rings. The molecule has 0 aliphatic heterocycles. The van der Waals surface area contributed by atoms with Crippen molar-refractivity contribution in [2.45, 2.75) is 39.4 Å². The molecular weight excluding hydrogens is 356 g/mol. The van der Waals surface area contributed by atoms with E-state index in [1.165, 1.54) is 0 Å². The zero-order valence-electron chi connectivity index (χ0n) is 16.4. The summed E-state index contributed by atoms with van der Waals surface area (Å²) in [6, 6.07) is 5.63. The molecule has 0 saturated carbocycles. The number of hydrogen-bond donors (Lipinski definition) is 6. The van der Waals surface area contributed by atoms with Crippen molar-refractivity contribution in [2.75, 3.05) is 34.4 Å². The lowest BCUT2D eigenvalue weighted by Gasteiger charge is -2.15. The lowest BCUT2D eigenvalue weighted by molar-refractivity contribution is 0.617. The maximum atomic E-state index is 6.13. The number of nitrogens with one attached hydrogen (secondary N) is 2. The topological polar surface area (TPSA) is 172 Å². The normalized spacial score (nSPS) is 12.5. The number of nitrogens with zero attached hydrogens (tertiary/aromatic N) is 4. The summed E-state index contributed by atoms with van der Waals surface area (Å²) in [6.45, 7) is 7.01. The molecule has 28 heavy (non-hydrogen) atoms. The molecule has 1 aromatic carbocycles. The highest BCUT2D eigenvalue weighted by molar-refractivity contribution is 5.85. The summed E-state index contributed by atoms with van der Waals surface area (Å²) >= 11 is 0. The van der Waals surface area contributed by atoms with E-state index in [4.69, 9.17) is 22.9 Å². The molecule has 0 spiro atoms. The largest absolute Gasteiger partial charge is 0.397 e. The Kier molecular flexibility index (Phi) is 5.41. The summed E-state index contributed by atoms with van der Waals surface area (Å²) in [5.74, 6) is 1.37. The minimum atomic E-state index is -0.0310. The van der Waals surface area contributed by atoms with E-state index in [2.05, 4.69) is 39.4 Å². The fourth-order valence-electron chi connectivity index (χ4n) is 2.90. The molecule has 10 N–H and O–H groups in total. The Morgan fingerprint density at radius 2 is 1.79 bits per heavy atom. The van der Waals surface area contributed by atoms with Gasteiger partial charge in [0.25, 0.3) is 0 Å². The third kappa shape index (κ3) is 3.86. The first-order valence-corrected chi connectivity index (χ1v) is 9.19. The highest BCUT2D eigenvalue weighted by atomic mass is 15.3. The average molecular weight is 384 g/mol. The van der Waals surface area contributed by atoms with Crippen LogP contribution in [0.1, 0.15) is 32.4 Å². The van der Waals surface area contributed by atoms with E-state index in [9.17, 15) is 0 Å². The van der Waals surface area contributed by atoms with Crippen LogP contribution in [-0.4, -0.2) is 32.1 Å². The molecule has 3 rings (SSSR count). The number of rotatable bonds is 7. The highest BCUT2D eigenvalue weighted by Gasteiger charge is 2.19. The summed E-state index contributed by atoms with van der Waals surface area (Å²) in [4.78, 5) is 13.5. The first-order valence-electron chi connectivity index (χ1n) is 9.19. The fourth-order valence-corrected chi connectivity index (χ4v) is 2.90. The third-order valence-corrected chi connectivity index (χ3v) is 4.33. The lowest BCUT2D eigenvalue weighted by Crippen LogP contribution is -2.26. The zero-order valence-corrected chi connectivity index (χ0v) is 16.4. The van der Waals surface area contributed by atoms with Crippen LogP contribution in [0.15, 0.2) is 18.2 Å². The summed E-state index contributed by atoms with van der Waals surface area (Å²) in [5.41, 5.74) is 27.1. The van der Waals surface area contributed by atoms with Gasteiger partial charge in [-0.25, -0.2) is 4.98 Å². The van der Waals surface area contributed by atoms with Gasteiger partial charge in [-0.15, -0.1) is 0 Å². The van der Waals surface area contributed by atoms with Crippen LogP contribution in [0.3, 0.4) is 0 Å². The predicted octanol–water partition coefficient (Wildman–Crippen LogP) is 1.52. The minimum Gasteiger partial charge on any atom is -0.397 e. The molecule has 2 heterocycles. The van der Waals surface area contributed by atoms with Crippen LogP contribution in [0.4, 0.5) is 29.1 Å². The Labute approximate surface area is 163 Å². The number of para-hydroxylation sites is 1. The standard InChI is InChI=1S/C18H28N10/c1-9(2)28-16-14(15(22)26-17(27-16)23-7-10(3)19)25-18(28)24-8-11-5-4-6-12(20)13(11)21/h4-6,9-10H,7-8,19-21H2,1-3H3,(H,24,25)(H3,22,23,26,27). The molecule has 1 atom stereocenters. The average Bonchev–Trinajstić information content (AvgIpc) is 3.00. The first kappa shape index (κ1) is 19.5. The lowest BCUT2D eigenvalue weighted by atomic mass is 10.1. The van der Waals surface area contributed by atoms with Gasteiger partial charge in [-0.05, 0) is 32.4 Å². The van der Waals surface area contributed by atoms with Crippen molar-refractivity contribution in [1.29, 1.82) is 0 Å². The third-order valence-electron chi connectivity index (χ3n) is 4.33. The van der Waals surface area contributed by atoms with Crippen molar-refractivity contribution in [2.24, 2.45) is 5.73 Å². The van der Waals surface area contributed by atoms with Gasteiger partial charge in [0.05, 0.1) is 11.4 Å². The quantitative estimate of drug-likeness (QED) is 0.330. The molecule has 0 saturated heterocycles. The summed E-state index contributed by atoms with van der Waals surface area (Å²) in [6.07, 6.45) is 0. The minimum absolute atomic E-state index is 0.0310. The van der Waals surface area contributed by atoms with Crippen molar-refractivity contribution < 1.29 is 0 Å². The highest BCUT2D eigenvalue weighted by Crippen LogP contribution is 2.28. The number of hydrogen-bond acceptors (Lipinski definition) is 9. The van der Waals surface area contributed by atoms with Crippen LogP contribution in [0.5, 0.6) is 0 Å². The van der Waals surface area contributed by atoms with Crippen LogP contribution < -0.4 is 33.6 Å². The molecule has 0 radical (unpaired) electrons. The zero-order chi connectivity index (χ0) is 20.4. The van der Waals surface area contributed by atoms with Crippen LogP contribution in [0.2, 0.25) is 0 Å². The molecular formula is C18H28N10. The summed E-state index contributed by atoms with van der Waals surface area (Å²) in [5, 5.41) is 6.42. The number of imidazole rings is 1. The molecule has 10 heteroatoms. The number of nitrogens with two attached hydrogens (primary N) is 4. The number of benzene rings is 1. The molecule has 150 valence electrons. The number of fused-ring (bicyclic) bond motifs is 1. The van der Waals surface area contributed by atoms with Crippen molar-refractivity contribution >= 4 is 40.3 Å². The van der Waals surface area contributed by atoms with E-state index in [0.29, 0.717) is 53.3 Å². The van der Waals surface area contributed by atoms with Crippen molar-refractivity contribution in [3.63, 3.8) is 0 Å². The predicted molar refractivity (Wildman–Crippen MR) is 115 cm³/mol. The fraction of sp³-hybridized carbons (Fsp3) is 0.389. The van der Waals surface area contributed by atoms with Gasteiger partial charge in [-0.3, -0.25) is 4.57 Å². The molecule has 1 unspecified atom stereocenters. The van der Waals surface area contributed by atoms with Crippen LogP contribution in [0.25, 0.3) is 11.2 Å². The second-order valence-corrected chi connectivity index (χ2v) is 7.14. The number of anilines is 5. The molecule has 10 nitrogen and oxygen atoms in total. The van der Waals surface area contributed by atoms with E-state index in [1.54, 1.807) is 6.07 Å². The molecule has 0 amide bonds. The maximum Gasteiger partial charge on any atom is 0.226 e. The van der Waals surface area contributed by atoms with Gasteiger partial charge in [0.15, 0.2) is 17.0 Å². The van der Waals surface area contributed by atoms with Crippen molar-refractivity contribution in [3.05, 3.63) is 23.8 Å².